The predicted molar refractivity (Wildman–Crippen MR) is 115 cm³/mol. The van der Waals surface area contributed by atoms with Crippen molar-refractivity contribution in [2.24, 2.45) is 5.16 Å². The number of oxime groups is 1. The van der Waals surface area contributed by atoms with Crippen LogP contribution in [0.3, 0.4) is 0 Å². The van der Waals surface area contributed by atoms with Crippen molar-refractivity contribution in [1.82, 2.24) is 0 Å². The SMILES string of the molecule is CON=CC(F)CC(O)CO[Si](c1ccccc1)(c1ccccc1)C(C)(C)C. The Labute approximate surface area is 168 Å². The van der Waals surface area contributed by atoms with Crippen molar-refractivity contribution in [2.75, 3.05) is 13.7 Å². The molecule has 2 aromatic carbocycles. The molecule has 0 spiro atoms. The summed E-state index contributed by atoms with van der Waals surface area (Å²) in [5.41, 5.74) is 0. The highest BCUT2D eigenvalue weighted by molar-refractivity contribution is 6.99. The number of hydrogen-bond donors (Lipinski definition) is 1. The first-order chi connectivity index (χ1) is 13.3. The van der Waals surface area contributed by atoms with Crippen LogP contribution in [0.2, 0.25) is 5.04 Å². The molecule has 6 heteroatoms. The van der Waals surface area contributed by atoms with Gasteiger partial charge >= 0.3 is 0 Å². The van der Waals surface area contributed by atoms with Crippen molar-refractivity contribution in [3.63, 3.8) is 0 Å². The van der Waals surface area contributed by atoms with Crippen molar-refractivity contribution in [3.05, 3.63) is 60.7 Å². The van der Waals surface area contributed by atoms with E-state index in [1.54, 1.807) is 0 Å². The van der Waals surface area contributed by atoms with Gasteiger partial charge < -0.3 is 14.4 Å². The Kier molecular flexibility index (Phi) is 7.92. The molecule has 2 atom stereocenters. The monoisotopic (exact) mass is 403 g/mol. The van der Waals surface area contributed by atoms with E-state index in [4.69, 9.17) is 4.43 Å². The molecule has 152 valence electrons. The Morgan fingerprint density at radius 1 is 1.04 bits per heavy atom. The fraction of sp³-hybridized carbons (Fsp3) is 0.409. The molecule has 0 aromatic heterocycles. The molecule has 1 N–H and O–H groups in total. The van der Waals surface area contributed by atoms with Gasteiger partial charge in [-0.3, -0.25) is 0 Å². The number of aliphatic hydroxyl groups is 1. The minimum atomic E-state index is -2.73. The highest BCUT2D eigenvalue weighted by Crippen LogP contribution is 2.36. The largest absolute Gasteiger partial charge is 0.405 e. The van der Waals surface area contributed by atoms with Crippen molar-refractivity contribution in [1.29, 1.82) is 0 Å². The second-order valence-corrected chi connectivity index (χ2v) is 12.1. The maximum atomic E-state index is 13.9. The van der Waals surface area contributed by atoms with E-state index in [-0.39, 0.29) is 18.1 Å². The van der Waals surface area contributed by atoms with Crippen LogP contribution in [0.25, 0.3) is 0 Å². The van der Waals surface area contributed by atoms with Crippen LogP contribution in [0, 0.1) is 0 Å². The molecule has 28 heavy (non-hydrogen) atoms. The molecular formula is C22H30FNO3Si. The van der Waals surface area contributed by atoms with E-state index in [0.717, 1.165) is 16.6 Å². The molecular weight excluding hydrogens is 373 g/mol. The van der Waals surface area contributed by atoms with Gasteiger partial charge in [-0.15, -0.1) is 0 Å². The second-order valence-electron chi connectivity index (χ2n) is 7.82. The first kappa shape index (κ1) is 22.3. The first-order valence-electron chi connectivity index (χ1n) is 9.45. The molecule has 4 nitrogen and oxygen atoms in total. The normalized spacial score (nSPS) is 14.8. The fourth-order valence-electron chi connectivity index (χ4n) is 3.50. The minimum Gasteiger partial charge on any atom is -0.405 e. The van der Waals surface area contributed by atoms with Gasteiger partial charge in [0.15, 0.2) is 0 Å². The zero-order valence-electron chi connectivity index (χ0n) is 17.0. The van der Waals surface area contributed by atoms with Gasteiger partial charge in [0, 0.05) is 6.42 Å². The highest BCUT2D eigenvalue weighted by atomic mass is 28.4. The van der Waals surface area contributed by atoms with Gasteiger partial charge in [-0.2, -0.15) is 0 Å². The summed E-state index contributed by atoms with van der Waals surface area (Å²) in [6.07, 6.45) is -1.38. The van der Waals surface area contributed by atoms with Gasteiger partial charge in [0.25, 0.3) is 8.32 Å². The van der Waals surface area contributed by atoms with Crippen molar-refractivity contribution >= 4 is 24.9 Å². The Bertz CT molecular complexity index is 695. The molecule has 2 aromatic rings. The number of alkyl halides is 1. The summed E-state index contributed by atoms with van der Waals surface area (Å²) in [7, 11) is -1.38. The topological polar surface area (TPSA) is 51.0 Å². The molecule has 0 aliphatic carbocycles. The van der Waals surface area contributed by atoms with Gasteiger partial charge in [0.1, 0.15) is 13.3 Å². The number of benzene rings is 2. The summed E-state index contributed by atoms with van der Waals surface area (Å²) in [6.45, 7) is 6.53. The van der Waals surface area contributed by atoms with Crippen LogP contribution in [-0.2, 0) is 9.26 Å². The Balaban J connectivity index is 2.35. The van der Waals surface area contributed by atoms with Gasteiger partial charge in [-0.05, 0) is 15.4 Å². The third-order valence-corrected chi connectivity index (χ3v) is 9.74. The molecule has 0 bridgehead atoms. The van der Waals surface area contributed by atoms with Gasteiger partial charge in [0.05, 0.1) is 18.9 Å². The molecule has 0 aliphatic heterocycles. The molecule has 0 fully saturated rings. The smallest absolute Gasteiger partial charge is 0.261 e. The van der Waals surface area contributed by atoms with Crippen LogP contribution in [0.1, 0.15) is 27.2 Å². The lowest BCUT2D eigenvalue weighted by molar-refractivity contribution is 0.0822. The van der Waals surface area contributed by atoms with E-state index in [1.165, 1.54) is 7.11 Å². The van der Waals surface area contributed by atoms with E-state index in [1.807, 2.05) is 36.4 Å². The second kappa shape index (κ2) is 9.96. The highest BCUT2D eigenvalue weighted by Gasteiger charge is 2.50. The fourth-order valence-corrected chi connectivity index (χ4v) is 8.10. The standard InChI is InChI=1S/C22H30FNO3Si/c1-22(2,3)28(20-11-7-5-8-12-20,21-13-9-6-10-14-21)27-17-19(25)15-18(23)16-24-26-4/h5-14,16,18-19,25H,15,17H2,1-4H3. The summed E-state index contributed by atoms with van der Waals surface area (Å²) < 4.78 is 20.5. The average Bonchev–Trinajstić information content (AvgIpc) is 2.67. The van der Waals surface area contributed by atoms with Crippen LogP contribution >= 0.6 is 0 Å². The minimum absolute atomic E-state index is 0.0501. The first-order valence-corrected chi connectivity index (χ1v) is 11.4. The van der Waals surface area contributed by atoms with E-state index >= 15 is 0 Å². The van der Waals surface area contributed by atoms with Crippen LogP contribution in [0.15, 0.2) is 65.8 Å². The molecule has 0 heterocycles. The lowest BCUT2D eigenvalue weighted by Crippen LogP contribution is -2.67. The van der Waals surface area contributed by atoms with E-state index in [0.29, 0.717) is 0 Å². The summed E-state index contributed by atoms with van der Waals surface area (Å²) in [5.74, 6) is 0. The maximum absolute atomic E-state index is 13.9. The van der Waals surface area contributed by atoms with E-state index in [9.17, 15) is 9.50 Å². The van der Waals surface area contributed by atoms with Crippen molar-refractivity contribution in [2.45, 2.75) is 44.5 Å². The summed E-state index contributed by atoms with van der Waals surface area (Å²) in [4.78, 5) is 4.49. The van der Waals surface area contributed by atoms with Crippen molar-refractivity contribution in [3.8, 4) is 0 Å². The molecule has 2 unspecified atom stereocenters. The van der Waals surface area contributed by atoms with Crippen molar-refractivity contribution < 1.29 is 18.8 Å². The zero-order chi connectivity index (χ0) is 20.6. The predicted octanol–water partition coefficient (Wildman–Crippen LogP) is 3.28. The average molecular weight is 404 g/mol. The van der Waals surface area contributed by atoms with Crippen LogP contribution in [0.4, 0.5) is 4.39 Å². The quantitative estimate of drug-likeness (QED) is 0.397. The van der Waals surface area contributed by atoms with E-state index in [2.05, 4.69) is 55.0 Å². The molecule has 0 saturated carbocycles. The number of halogens is 1. The Hall–Kier alpha value is -2.02. The van der Waals surface area contributed by atoms with Gasteiger partial charge in [0.2, 0.25) is 0 Å². The maximum Gasteiger partial charge on any atom is 0.261 e. The third kappa shape index (κ3) is 5.28. The van der Waals surface area contributed by atoms with Gasteiger partial charge in [-0.1, -0.05) is 86.6 Å². The lowest BCUT2D eigenvalue weighted by Gasteiger charge is -2.43. The van der Waals surface area contributed by atoms with Crippen LogP contribution in [0.5, 0.6) is 0 Å². The summed E-state index contributed by atoms with van der Waals surface area (Å²) >= 11 is 0. The van der Waals surface area contributed by atoms with Crippen LogP contribution < -0.4 is 10.4 Å². The summed E-state index contributed by atoms with van der Waals surface area (Å²) in [6, 6.07) is 20.3. The number of nitrogens with zero attached hydrogens (tertiary/aromatic N) is 1. The molecule has 0 amide bonds. The third-order valence-electron chi connectivity index (χ3n) is 4.73. The van der Waals surface area contributed by atoms with E-state index < -0.39 is 20.6 Å². The zero-order valence-corrected chi connectivity index (χ0v) is 18.0. The molecule has 0 saturated heterocycles. The van der Waals surface area contributed by atoms with Crippen LogP contribution in [-0.4, -0.2) is 45.6 Å². The summed E-state index contributed by atoms with van der Waals surface area (Å²) in [5, 5.41) is 15.9. The number of aliphatic hydroxyl groups excluding tert-OH is 1. The Morgan fingerprint density at radius 2 is 1.54 bits per heavy atom. The lowest BCUT2D eigenvalue weighted by atomic mass is 10.2. The Morgan fingerprint density at radius 3 is 1.96 bits per heavy atom. The molecule has 2 rings (SSSR count). The molecule has 0 aliphatic rings. The van der Waals surface area contributed by atoms with Gasteiger partial charge in [-0.25, -0.2) is 4.39 Å². The molecule has 0 radical (unpaired) electrons. The number of hydrogen-bond acceptors (Lipinski definition) is 4. The number of rotatable bonds is 9.